The zero-order valence-corrected chi connectivity index (χ0v) is 18.4. The maximum atomic E-state index is 11.9. The van der Waals surface area contributed by atoms with E-state index in [-0.39, 0.29) is 36.4 Å². The molecule has 5 nitrogen and oxygen atoms in total. The fourth-order valence-electron chi connectivity index (χ4n) is 2.32. The first-order chi connectivity index (χ1) is 12.2. The van der Waals surface area contributed by atoms with E-state index in [4.69, 9.17) is 0 Å². The molecule has 3 N–H and O–H groups in total. The molecule has 0 bridgehead atoms. The summed E-state index contributed by atoms with van der Waals surface area (Å²) in [6, 6.07) is 14.4. The SMILES string of the molecule is CCc1ccc(CNC(=NC)NCC(=O)NCCc2ccccc2)s1.I. The van der Waals surface area contributed by atoms with Gasteiger partial charge in [-0.25, -0.2) is 0 Å². The number of guanidine groups is 1. The highest BCUT2D eigenvalue weighted by Gasteiger charge is 2.04. The zero-order chi connectivity index (χ0) is 17.9. The van der Waals surface area contributed by atoms with Crippen molar-refractivity contribution in [1.29, 1.82) is 0 Å². The van der Waals surface area contributed by atoms with E-state index in [1.54, 1.807) is 18.4 Å². The van der Waals surface area contributed by atoms with Crippen molar-refractivity contribution in [2.24, 2.45) is 4.99 Å². The summed E-state index contributed by atoms with van der Waals surface area (Å²) < 4.78 is 0. The summed E-state index contributed by atoms with van der Waals surface area (Å²) in [4.78, 5) is 18.7. The average molecular weight is 486 g/mol. The van der Waals surface area contributed by atoms with Crippen molar-refractivity contribution in [2.75, 3.05) is 20.1 Å². The fraction of sp³-hybridized carbons (Fsp3) is 0.368. The van der Waals surface area contributed by atoms with Crippen LogP contribution in [0.25, 0.3) is 0 Å². The number of aryl methyl sites for hydroxylation is 1. The molecule has 142 valence electrons. The number of thiophene rings is 1. The lowest BCUT2D eigenvalue weighted by Gasteiger charge is -2.11. The molecule has 26 heavy (non-hydrogen) atoms. The van der Waals surface area contributed by atoms with Crippen LogP contribution in [0.3, 0.4) is 0 Å². The van der Waals surface area contributed by atoms with Crippen molar-refractivity contribution in [3.05, 3.63) is 57.8 Å². The van der Waals surface area contributed by atoms with Gasteiger partial charge in [0, 0.05) is 23.3 Å². The number of nitrogens with zero attached hydrogens (tertiary/aromatic N) is 1. The Bertz CT molecular complexity index is 688. The highest BCUT2D eigenvalue weighted by atomic mass is 127. The molecule has 2 aromatic rings. The van der Waals surface area contributed by atoms with Crippen molar-refractivity contribution in [2.45, 2.75) is 26.3 Å². The second kappa shape index (κ2) is 12.7. The van der Waals surface area contributed by atoms with E-state index in [1.807, 2.05) is 18.2 Å². The van der Waals surface area contributed by atoms with Crippen molar-refractivity contribution in [3.63, 3.8) is 0 Å². The quantitative estimate of drug-likeness (QED) is 0.306. The molecule has 0 saturated carbocycles. The van der Waals surface area contributed by atoms with E-state index in [1.165, 1.54) is 15.3 Å². The molecule has 1 aromatic heterocycles. The number of carbonyl (C=O) groups is 1. The van der Waals surface area contributed by atoms with Gasteiger partial charge in [-0.2, -0.15) is 0 Å². The van der Waals surface area contributed by atoms with Gasteiger partial charge in [-0.15, -0.1) is 35.3 Å². The first kappa shape index (κ1) is 22.4. The van der Waals surface area contributed by atoms with Gasteiger partial charge >= 0.3 is 0 Å². The van der Waals surface area contributed by atoms with Crippen LogP contribution < -0.4 is 16.0 Å². The zero-order valence-electron chi connectivity index (χ0n) is 15.2. The Hall–Kier alpha value is -1.61. The Morgan fingerprint density at radius 1 is 1.04 bits per heavy atom. The second-order valence-corrected chi connectivity index (χ2v) is 6.84. The highest BCUT2D eigenvalue weighted by molar-refractivity contribution is 14.0. The maximum Gasteiger partial charge on any atom is 0.239 e. The van der Waals surface area contributed by atoms with Crippen LogP contribution in [-0.2, 0) is 24.2 Å². The van der Waals surface area contributed by atoms with E-state index in [0.29, 0.717) is 19.0 Å². The largest absolute Gasteiger partial charge is 0.354 e. The number of hydrogen-bond acceptors (Lipinski definition) is 3. The van der Waals surface area contributed by atoms with Gasteiger partial charge in [0.2, 0.25) is 5.91 Å². The number of aliphatic imine (C=N–C) groups is 1. The Kier molecular flexibility index (Phi) is 11.0. The third-order valence-electron chi connectivity index (χ3n) is 3.71. The number of hydrogen-bond donors (Lipinski definition) is 3. The van der Waals surface area contributed by atoms with E-state index in [2.05, 4.69) is 52.1 Å². The van der Waals surface area contributed by atoms with Crippen LogP contribution in [0.5, 0.6) is 0 Å². The van der Waals surface area contributed by atoms with Crippen LogP contribution in [0.4, 0.5) is 0 Å². The number of benzene rings is 1. The van der Waals surface area contributed by atoms with Crippen LogP contribution in [0.15, 0.2) is 47.5 Å². The van der Waals surface area contributed by atoms with Gasteiger partial charge in [-0.3, -0.25) is 9.79 Å². The molecule has 0 fully saturated rings. The van der Waals surface area contributed by atoms with Crippen LogP contribution in [0.1, 0.15) is 22.2 Å². The molecule has 1 heterocycles. The first-order valence-corrected chi connectivity index (χ1v) is 9.35. The van der Waals surface area contributed by atoms with Crippen LogP contribution >= 0.6 is 35.3 Å². The molecular formula is C19H27IN4OS. The van der Waals surface area contributed by atoms with Gasteiger partial charge in [0.25, 0.3) is 0 Å². The maximum absolute atomic E-state index is 11.9. The summed E-state index contributed by atoms with van der Waals surface area (Å²) in [6.45, 7) is 3.70. The molecule has 1 amide bonds. The molecule has 2 rings (SSSR count). The number of amides is 1. The highest BCUT2D eigenvalue weighted by Crippen LogP contribution is 2.16. The van der Waals surface area contributed by atoms with Crippen molar-refractivity contribution >= 4 is 47.2 Å². The standard InChI is InChI=1S/C19H26N4OS.HI/c1-3-16-9-10-17(25-16)13-22-19(20-2)23-14-18(24)21-12-11-15-7-5-4-6-8-15;/h4-10H,3,11-14H2,1-2H3,(H,21,24)(H2,20,22,23);1H. The smallest absolute Gasteiger partial charge is 0.239 e. The number of nitrogens with one attached hydrogen (secondary N) is 3. The molecule has 0 aliphatic carbocycles. The minimum absolute atomic E-state index is 0. The van der Waals surface area contributed by atoms with Gasteiger partial charge in [-0.1, -0.05) is 37.3 Å². The molecule has 0 aliphatic heterocycles. The molecule has 0 atom stereocenters. The van der Waals surface area contributed by atoms with Gasteiger partial charge in [-0.05, 0) is 30.5 Å². The molecule has 0 spiro atoms. The summed E-state index contributed by atoms with van der Waals surface area (Å²) in [7, 11) is 1.70. The number of rotatable bonds is 8. The van der Waals surface area contributed by atoms with Crippen molar-refractivity contribution < 1.29 is 4.79 Å². The lowest BCUT2D eigenvalue weighted by atomic mass is 10.1. The monoisotopic (exact) mass is 486 g/mol. The van der Waals surface area contributed by atoms with E-state index in [0.717, 1.165) is 12.8 Å². The molecule has 1 aromatic carbocycles. The van der Waals surface area contributed by atoms with Crippen LogP contribution in [0, 0.1) is 0 Å². The summed E-state index contributed by atoms with van der Waals surface area (Å²) in [5.41, 5.74) is 1.22. The van der Waals surface area contributed by atoms with Gasteiger partial charge < -0.3 is 16.0 Å². The molecule has 0 radical (unpaired) electrons. The first-order valence-electron chi connectivity index (χ1n) is 8.54. The Labute approximate surface area is 176 Å². The fourth-order valence-corrected chi connectivity index (χ4v) is 3.21. The van der Waals surface area contributed by atoms with Crippen molar-refractivity contribution in [1.82, 2.24) is 16.0 Å². The predicted octanol–water partition coefficient (Wildman–Crippen LogP) is 2.95. The van der Waals surface area contributed by atoms with Crippen LogP contribution in [-0.4, -0.2) is 32.0 Å². The van der Waals surface area contributed by atoms with E-state index < -0.39 is 0 Å². The van der Waals surface area contributed by atoms with Crippen molar-refractivity contribution in [3.8, 4) is 0 Å². The third kappa shape index (κ3) is 8.18. The van der Waals surface area contributed by atoms with Gasteiger partial charge in [0.15, 0.2) is 5.96 Å². The second-order valence-electron chi connectivity index (χ2n) is 5.59. The number of carbonyl (C=O) groups excluding carboxylic acids is 1. The Morgan fingerprint density at radius 3 is 2.42 bits per heavy atom. The summed E-state index contributed by atoms with van der Waals surface area (Å²) in [5.74, 6) is 0.591. The molecule has 7 heteroatoms. The van der Waals surface area contributed by atoms with E-state index in [9.17, 15) is 4.79 Å². The normalized spacial score (nSPS) is 10.8. The molecule has 0 saturated heterocycles. The van der Waals surface area contributed by atoms with Gasteiger partial charge in [0.1, 0.15) is 0 Å². The van der Waals surface area contributed by atoms with Gasteiger partial charge in [0.05, 0.1) is 13.1 Å². The summed E-state index contributed by atoms with van der Waals surface area (Å²) >= 11 is 1.79. The minimum atomic E-state index is -0.0386. The average Bonchev–Trinajstić information content (AvgIpc) is 3.11. The molecule has 0 aliphatic rings. The third-order valence-corrected chi connectivity index (χ3v) is 4.94. The lowest BCUT2D eigenvalue weighted by molar-refractivity contribution is -0.119. The Balaban J connectivity index is 0.00000338. The number of halogens is 1. The summed E-state index contributed by atoms with van der Waals surface area (Å²) in [6.07, 6.45) is 1.89. The molecule has 0 unspecified atom stereocenters. The molecular weight excluding hydrogens is 459 g/mol. The Morgan fingerprint density at radius 2 is 1.77 bits per heavy atom. The van der Waals surface area contributed by atoms with E-state index >= 15 is 0 Å². The minimum Gasteiger partial charge on any atom is -0.354 e. The topological polar surface area (TPSA) is 65.5 Å². The predicted molar refractivity (Wildman–Crippen MR) is 120 cm³/mol. The van der Waals surface area contributed by atoms with Crippen LogP contribution in [0.2, 0.25) is 0 Å². The summed E-state index contributed by atoms with van der Waals surface area (Å²) in [5, 5.41) is 9.18. The lowest BCUT2D eigenvalue weighted by Crippen LogP contribution is -2.43.